The number of anilines is 1. The van der Waals surface area contributed by atoms with Gasteiger partial charge in [-0.25, -0.2) is 9.69 Å². The van der Waals surface area contributed by atoms with Crippen LogP contribution < -0.4 is 4.90 Å². The molecule has 1 saturated heterocycles. The molecule has 7 nitrogen and oxygen atoms in total. The maximum Gasteiger partial charge on any atom is 0.335 e. The van der Waals surface area contributed by atoms with Gasteiger partial charge in [-0.2, -0.15) is 0 Å². The Morgan fingerprint density at radius 2 is 1.88 bits per heavy atom. The topological polar surface area (TPSA) is 78.0 Å². The zero-order chi connectivity index (χ0) is 17.4. The molecule has 2 aliphatic rings. The number of imide groups is 2. The minimum absolute atomic E-state index is 0.0585. The molecule has 1 fully saturated rings. The normalized spacial score (nSPS) is 20.0. The van der Waals surface area contributed by atoms with E-state index in [0.717, 1.165) is 16.2 Å². The summed E-state index contributed by atoms with van der Waals surface area (Å²) in [6.45, 7) is 4.85. The minimum Gasteiger partial charge on any atom is -0.307 e. The zero-order valence-corrected chi connectivity index (χ0v) is 13.3. The molecule has 5 amide bonds. The van der Waals surface area contributed by atoms with Crippen LogP contribution in [0, 0.1) is 0 Å². The van der Waals surface area contributed by atoms with Crippen LogP contribution in [0.15, 0.2) is 36.9 Å². The Morgan fingerprint density at radius 3 is 2.58 bits per heavy atom. The Morgan fingerprint density at radius 1 is 1.21 bits per heavy atom. The summed E-state index contributed by atoms with van der Waals surface area (Å²) < 4.78 is 0. The maximum absolute atomic E-state index is 12.7. The molecule has 0 spiro atoms. The van der Waals surface area contributed by atoms with Crippen LogP contribution in [0.4, 0.5) is 10.5 Å². The Labute approximate surface area is 139 Å². The number of nitrogens with zero attached hydrogens (tertiary/aromatic N) is 3. The van der Waals surface area contributed by atoms with Crippen LogP contribution in [0.1, 0.15) is 12.5 Å². The molecule has 0 saturated carbocycles. The molecule has 0 aromatic heterocycles. The molecule has 1 atom stereocenters. The Hall–Kier alpha value is -2.96. The van der Waals surface area contributed by atoms with Gasteiger partial charge >= 0.3 is 17.8 Å². The number of carbonyl (C=O) groups excluding carboxylic acids is 4. The first-order chi connectivity index (χ1) is 11.5. The number of hydrogen-bond acceptors (Lipinski definition) is 4. The highest BCUT2D eigenvalue weighted by atomic mass is 16.2. The van der Waals surface area contributed by atoms with E-state index >= 15 is 0 Å². The fourth-order valence-corrected chi connectivity index (χ4v) is 3.14. The lowest BCUT2D eigenvalue weighted by molar-refractivity contribution is -0.143. The number of para-hydroxylation sites is 1. The molecule has 1 aromatic carbocycles. The molecule has 0 radical (unpaired) electrons. The van der Waals surface area contributed by atoms with Gasteiger partial charge in [0, 0.05) is 18.3 Å². The van der Waals surface area contributed by atoms with E-state index in [1.165, 1.54) is 6.08 Å². The summed E-state index contributed by atoms with van der Waals surface area (Å²) in [7, 11) is 0. The summed E-state index contributed by atoms with van der Waals surface area (Å²) in [6, 6.07) is 6.67. The largest absolute Gasteiger partial charge is 0.335 e. The molecule has 7 heteroatoms. The van der Waals surface area contributed by atoms with Crippen molar-refractivity contribution in [2.45, 2.75) is 19.4 Å². The number of rotatable bonds is 4. The van der Waals surface area contributed by atoms with Gasteiger partial charge in [0.2, 0.25) is 5.91 Å². The van der Waals surface area contributed by atoms with Gasteiger partial charge in [0.05, 0.1) is 0 Å². The van der Waals surface area contributed by atoms with Gasteiger partial charge < -0.3 is 4.90 Å². The van der Waals surface area contributed by atoms with E-state index in [1.807, 2.05) is 31.2 Å². The van der Waals surface area contributed by atoms with Crippen molar-refractivity contribution in [3.05, 3.63) is 42.5 Å². The Bertz CT molecular complexity index is 758. The van der Waals surface area contributed by atoms with Crippen molar-refractivity contribution in [2.24, 2.45) is 0 Å². The molecule has 1 aromatic rings. The third-order valence-electron chi connectivity index (χ3n) is 4.22. The van der Waals surface area contributed by atoms with Crippen LogP contribution in [0.3, 0.4) is 0 Å². The number of hydrogen-bond donors (Lipinski definition) is 0. The Balaban J connectivity index is 1.80. The molecular formula is C17H17N3O4. The van der Waals surface area contributed by atoms with E-state index in [1.54, 1.807) is 4.90 Å². The fraction of sp³-hybridized carbons (Fsp3) is 0.294. The molecule has 0 unspecified atom stereocenters. The van der Waals surface area contributed by atoms with Crippen LogP contribution in [0.2, 0.25) is 0 Å². The number of fused-ring (bicyclic) bond motifs is 1. The predicted molar refractivity (Wildman–Crippen MR) is 86.1 cm³/mol. The first-order valence-corrected chi connectivity index (χ1v) is 7.64. The Kier molecular flexibility index (Phi) is 3.92. The average molecular weight is 327 g/mol. The van der Waals surface area contributed by atoms with Gasteiger partial charge in [-0.1, -0.05) is 24.3 Å². The fourth-order valence-electron chi connectivity index (χ4n) is 3.14. The van der Waals surface area contributed by atoms with E-state index in [2.05, 4.69) is 6.58 Å². The predicted octanol–water partition coefficient (Wildman–Crippen LogP) is 0.941. The first kappa shape index (κ1) is 15.9. The molecule has 3 rings (SSSR count). The molecule has 0 bridgehead atoms. The van der Waals surface area contributed by atoms with Crippen molar-refractivity contribution in [1.29, 1.82) is 0 Å². The summed E-state index contributed by atoms with van der Waals surface area (Å²) in [6.07, 6.45) is 2.07. The minimum atomic E-state index is -0.977. The zero-order valence-electron chi connectivity index (χ0n) is 13.3. The third kappa shape index (κ3) is 2.38. The summed E-state index contributed by atoms with van der Waals surface area (Å²) >= 11 is 0. The van der Waals surface area contributed by atoms with Gasteiger partial charge in [-0.05, 0) is 25.0 Å². The second-order valence-electron chi connectivity index (χ2n) is 5.82. The maximum atomic E-state index is 12.7. The summed E-state index contributed by atoms with van der Waals surface area (Å²) in [4.78, 5) is 51.7. The smallest absolute Gasteiger partial charge is 0.307 e. The summed E-state index contributed by atoms with van der Waals surface area (Å²) in [5.41, 5.74) is 1.82. The van der Waals surface area contributed by atoms with Crippen LogP contribution in [0.5, 0.6) is 0 Å². The first-order valence-electron chi connectivity index (χ1n) is 7.64. The van der Waals surface area contributed by atoms with Gasteiger partial charge in [0.1, 0.15) is 6.54 Å². The molecular weight excluding hydrogens is 310 g/mol. The molecule has 0 aliphatic carbocycles. The monoisotopic (exact) mass is 327 g/mol. The van der Waals surface area contributed by atoms with Crippen molar-refractivity contribution in [2.75, 3.05) is 18.0 Å². The summed E-state index contributed by atoms with van der Waals surface area (Å²) in [5, 5.41) is 0. The van der Waals surface area contributed by atoms with E-state index in [-0.39, 0.29) is 18.5 Å². The van der Waals surface area contributed by atoms with Gasteiger partial charge in [0.25, 0.3) is 0 Å². The van der Waals surface area contributed by atoms with Crippen molar-refractivity contribution >= 4 is 29.4 Å². The van der Waals surface area contributed by atoms with Crippen molar-refractivity contribution in [1.82, 2.24) is 9.80 Å². The second-order valence-corrected chi connectivity index (χ2v) is 5.82. The van der Waals surface area contributed by atoms with Crippen LogP contribution in [-0.2, 0) is 20.8 Å². The summed E-state index contributed by atoms with van der Waals surface area (Å²) in [5.74, 6) is -2.29. The number of carbonyl (C=O) groups is 4. The standard InChI is InChI=1S/C17H17N3O4/c1-3-8-18-15(22)16(23)19(17(18)24)10-14(21)20-11(2)9-12-6-4-5-7-13(12)20/h3-7,11H,1,8-10H2,2H3/t11-/m0/s1. The quantitative estimate of drug-likeness (QED) is 0.468. The van der Waals surface area contributed by atoms with Gasteiger partial charge in [-0.15, -0.1) is 6.58 Å². The lowest BCUT2D eigenvalue weighted by atomic mass is 10.1. The SMILES string of the molecule is C=CCN1C(=O)C(=O)N(CC(=O)N2c3ccccc3C[C@@H]2C)C1=O. The van der Waals surface area contributed by atoms with Crippen molar-refractivity contribution < 1.29 is 19.2 Å². The number of amides is 5. The number of urea groups is 1. The number of benzene rings is 1. The molecule has 0 N–H and O–H groups in total. The van der Waals surface area contributed by atoms with Crippen LogP contribution in [0.25, 0.3) is 0 Å². The van der Waals surface area contributed by atoms with Gasteiger partial charge in [0.15, 0.2) is 0 Å². The second kappa shape index (κ2) is 5.92. The van der Waals surface area contributed by atoms with E-state index in [4.69, 9.17) is 0 Å². The van der Waals surface area contributed by atoms with Crippen molar-refractivity contribution in [3.8, 4) is 0 Å². The van der Waals surface area contributed by atoms with Crippen LogP contribution >= 0.6 is 0 Å². The lowest BCUT2D eigenvalue weighted by Crippen LogP contribution is -2.45. The molecule has 2 aliphatic heterocycles. The van der Waals surface area contributed by atoms with E-state index in [0.29, 0.717) is 11.3 Å². The highest BCUT2D eigenvalue weighted by Gasteiger charge is 2.45. The lowest BCUT2D eigenvalue weighted by Gasteiger charge is -2.24. The van der Waals surface area contributed by atoms with Crippen molar-refractivity contribution in [3.63, 3.8) is 0 Å². The molecule has 124 valence electrons. The average Bonchev–Trinajstić information content (AvgIpc) is 2.99. The van der Waals surface area contributed by atoms with Crippen LogP contribution in [-0.4, -0.2) is 52.7 Å². The van der Waals surface area contributed by atoms with E-state index in [9.17, 15) is 19.2 Å². The van der Waals surface area contributed by atoms with E-state index < -0.39 is 24.4 Å². The third-order valence-corrected chi connectivity index (χ3v) is 4.22. The molecule has 2 heterocycles. The highest BCUT2D eigenvalue weighted by molar-refractivity contribution is 6.45. The van der Waals surface area contributed by atoms with Gasteiger partial charge in [-0.3, -0.25) is 19.3 Å². The highest BCUT2D eigenvalue weighted by Crippen LogP contribution is 2.32. The molecule has 24 heavy (non-hydrogen) atoms.